The first-order valence-corrected chi connectivity index (χ1v) is 8.97. The number of nitrogens with zero attached hydrogens (tertiary/aromatic N) is 2. The van der Waals surface area contributed by atoms with E-state index in [1.807, 2.05) is 68.4 Å². The second-order valence-corrected chi connectivity index (χ2v) is 6.85. The van der Waals surface area contributed by atoms with E-state index in [-0.39, 0.29) is 0 Å². The minimum atomic E-state index is -0.626. The van der Waals surface area contributed by atoms with Gasteiger partial charge in [0.05, 0.1) is 16.3 Å². The standard InChI is InChI=1S/C20H19N3O2S/c1-13-9-11-17(12-10-13)22-20(24)25-23-15(3)18-14(2)21-19(26-18)16-7-5-4-6-8-16/h4-12H,1-3H3,(H,22,24)/b23-15+. The lowest BCUT2D eigenvalue weighted by molar-refractivity contribution is 0.166. The zero-order valence-corrected chi connectivity index (χ0v) is 15.6. The fourth-order valence-electron chi connectivity index (χ4n) is 2.37. The van der Waals surface area contributed by atoms with Crippen molar-refractivity contribution in [3.05, 3.63) is 70.7 Å². The van der Waals surface area contributed by atoms with Gasteiger partial charge in [0.25, 0.3) is 0 Å². The topological polar surface area (TPSA) is 63.6 Å². The van der Waals surface area contributed by atoms with Crippen LogP contribution in [0, 0.1) is 13.8 Å². The molecule has 1 aromatic heterocycles. The quantitative estimate of drug-likeness (QED) is 0.382. The molecule has 0 radical (unpaired) electrons. The second kappa shape index (κ2) is 7.93. The number of benzene rings is 2. The van der Waals surface area contributed by atoms with E-state index in [0.29, 0.717) is 11.4 Å². The van der Waals surface area contributed by atoms with Crippen molar-refractivity contribution in [1.29, 1.82) is 0 Å². The smallest absolute Gasteiger partial charge is 0.297 e. The highest BCUT2D eigenvalue weighted by Gasteiger charge is 2.13. The Kier molecular flexibility index (Phi) is 5.43. The van der Waals surface area contributed by atoms with Gasteiger partial charge >= 0.3 is 6.09 Å². The molecule has 26 heavy (non-hydrogen) atoms. The van der Waals surface area contributed by atoms with Crippen LogP contribution in [0.4, 0.5) is 10.5 Å². The number of hydrogen-bond acceptors (Lipinski definition) is 5. The highest BCUT2D eigenvalue weighted by molar-refractivity contribution is 7.17. The highest BCUT2D eigenvalue weighted by Crippen LogP contribution is 2.28. The number of carbonyl (C=O) groups excluding carboxylic acids is 1. The predicted molar refractivity (Wildman–Crippen MR) is 106 cm³/mol. The van der Waals surface area contributed by atoms with Crippen LogP contribution in [0.2, 0.25) is 0 Å². The number of aryl methyl sites for hydroxylation is 2. The van der Waals surface area contributed by atoms with Crippen molar-refractivity contribution >= 4 is 28.8 Å². The number of nitrogens with one attached hydrogen (secondary N) is 1. The first-order valence-electron chi connectivity index (χ1n) is 8.15. The number of hydrogen-bond donors (Lipinski definition) is 1. The first kappa shape index (κ1) is 17.8. The normalized spacial score (nSPS) is 11.3. The molecule has 0 saturated heterocycles. The van der Waals surface area contributed by atoms with Crippen LogP contribution in [0.1, 0.15) is 23.1 Å². The van der Waals surface area contributed by atoms with Crippen LogP contribution < -0.4 is 5.32 Å². The summed E-state index contributed by atoms with van der Waals surface area (Å²) < 4.78 is 0. The molecule has 0 aliphatic heterocycles. The summed E-state index contributed by atoms with van der Waals surface area (Å²) in [6.45, 7) is 5.70. The molecule has 0 saturated carbocycles. The fraction of sp³-hybridized carbons (Fsp3) is 0.150. The average Bonchev–Trinajstić information content (AvgIpc) is 3.04. The van der Waals surface area contributed by atoms with Gasteiger partial charge in [-0.05, 0) is 32.9 Å². The maximum Gasteiger partial charge on any atom is 0.437 e. The molecule has 0 aliphatic carbocycles. The Labute approximate surface area is 156 Å². The van der Waals surface area contributed by atoms with Gasteiger partial charge in [-0.3, -0.25) is 10.2 Å². The molecule has 0 bridgehead atoms. The summed E-state index contributed by atoms with van der Waals surface area (Å²) in [5, 5.41) is 7.51. The number of carbonyl (C=O) groups is 1. The molecule has 3 aromatic rings. The van der Waals surface area contributed by atoms with E-state index in [0.717, 1.165) is 26.7 Å². The van der Waals surface area contributed by atoms with E-state index < -0.39 is 6.09 Å². The van der Waals surface area contributed by atoms with E-state index in [1.54, 1.807) is 6.92 Å². The summed E-state index contributed by atoms with van der Waals surface area (Å²) in [4.78, 5) is 22.4. The number of oxime groups is 1. The van der Waals surface area contributed by atoms with E-state index in [2.05, 4.69) is 15.5 Å². The molecule has 6 heteroatoms. The molecule has 1 amide bonds. The number of thiazole rings is 1. The van der Waals surface area contributed by atoms with Crippen molar-refractivity contribution in [2.45, 2.75) is 20.8 Å². The van der Waals surface area contributed by atoms with E-state index in [9.17, 15) is 4.79 Å². The molecule has 0 atom stereocenters. The largest absolute Gasteiger partial charge is 0.437 e. The van der Waals surface area contributed by atoms with Crippen LogP contribution in [0.5, 0.6) is 0 Å². The summed E-state index contributed by atoms with van der Waals surface area (Å²) >= 11 is 1.52. The first-order chi connectivity index (χ1) is 12.5. The molecule has 132 valence electrons. The molecular weight excluding hydrogens is 346 g/mol. The van der Waals surface area contributed by atoms with Crippen molar-refractivity contribution in [2.24, 2.45) is 5.16 Å². The highest BCUT2D eigenvalue weighted by atomic mass is 32.1. The van der Waals surface area contributed by atoms with Crippen molar-refractivity contribution < 1.29 is 9.63 Å². The van der Waals surface area contributed by atoms with E-state index in [4.69, 9.17) is 4.84 Å². The van der Waals surface area contributed by atoms with Gasteiger partial charge in [0.15, 0.2) is 0 Å². The zero-order valence-electron chi connectivity index (χ0n) is 14.8. The Hall–Kier alpha value is -2.99. The number of rotatable bonds is 4. The molecular formula is C20H19N3O2S. The van der Waals surface area contributed by atoms with Crippen LogP contribution >= 0.6 is 11.3 Å². The minimum Gasteiger partial charge on any atom is -0.297 e. The van der Waals surface area contributed by atoms with Crippen molar-refractivity contribution in [3.8, 4) is 10.6 Å². The maximum absolute atomic E-state index is 11.9. The van der Waals surface area contributed by atoms with Gasteiger partial charge in [0.2, 0.25) is 0 Å². The number of anilines is 1. The van der Waals surface area contributed by atoms with Gasteiger partial charge in [-0.1, -0.05) is 53.2 Å². The summed E-state index contributed by atoms with van der Waals surface area (Å²) in [6, 6.07) is 17.4. The van der Waals surface area contributed by atoms with Crippen LogP contribution in [0.25, 0.3) is 10.6 Å². The summed E-state index contributed by atoms with van der Waals surface area (Å²) in [5.74, 6) is 0. The Morgan fingerprint density at radius 3 is 2.46 bits per heavy atom. The lowest BCUT2D eigenvalue weighted by Crippen LogP contribution is -2.11. The lowest BCUT2D eigenvalue weighted by atomic mass is 10.2. The van der Waals surface area contributed by atoms with Gasteiger partial charge in [-0.15, -0.1) is 11.3 Å². The van der Waals surface area contributed by atoms with Crippen molar-refractivity contribution in [2.75, 3.05) is 5.32 Å². The Morgan fingerprint density at radius 2 is 1.77 bits per heavy atom. The van der Waals surface area contributed by atoms with E-state index >= 15 is 0 Å². The molecule has 2 aromatic carbocycles. The van der Waals surface area contributed by atoms with Crippen molar-refractivity contribution in [3.63, 3.8) is 0 Å². The Bertz CT molecular complexity index is 931. The molecule has 0 fully saturated rings. The SMILES string of the molecule is C/C(=N\OC(=O)Nc1ccc(C)cc1)c1sc(-c2ccccc2)nc1C. The molecule has 5 nitrogen and oxygen atoms in total. The molecule has 0 unspecified atom stereocenters. The molecule has 1 heterocycles. The van der Waals surface area contributed by atoms with Crippen LogP contribution in [-0.4, -0.2) is 16.8 Å². The lowest BCUT2D eigenvalue weighted by Gasteiger charge is -2.03. The third kappa shape index (κ3) is 4.34. The predicted octanol–water partition coefficient (Wildman–Crippen LogP) is 5.40. The summed E-state index contributed by atoms with van der Waals surface area (Å²) in [7, 11) is 0. The van der Waals surface area contributed by atoms with Crippen LogP contribution in [0.3, 0.4) is 0 Å². The van der Waals surface area contributed by atoms with Gasteiger partial charge in [-0.2, -0.15) is 0 Å². The maximum atomic E-state index is 11.9. The van der Waals surface area contributed by atoms with Gasteiger partial charge in [0.1, 0.15) is 5.01 Å². The number of amides is 1. The van der Waals surface area contributed by atoms with Gasteiger partial charge < -0.3 is 0 Å². The van der Waals surface area contributed by atoms with Crippen LogP contribution in [-0.2, 0) is 4.84 Å². The monoisotopic (exact) mass is 365 g/mol. The zero-order chi connectivity index (χ0) is 18.5. The van der Waals surface area contributed by atoms with E-state index in [1.165, 1.54) is 11.3 Å². The van der Waals surface area contributed by atoms with Crippen LogP contribution in [0.15, 0.2) is 59.8 Å². The third-order valence-corrected chi connectivity index (χ3v) is 5.02. The fourth-order valence-corrected chi connectivity index (χ4v) is 3.37. The summed E-state index contributed by atoms with van der Waals surface area (Å²) in [6.07, 6.45) is -0.626. The second-order valence-electron chi connectivity index (χ2n) is 5.85. The summed E-state index contributed by atoms with van der Waals surface area (Å²) in [5.41, 5.74) is 4.30. The third-order valence-electron chi connectivity index (χ3n) is 3.71. The Morgan fingerprint density at radius 1 is 1.08 bits per heavy atom. The molecule has 0 aliphatic rings. The molecule has 3 rings (SSSR count). The van der Waals surface area contributed by atoms with Gasteiger partial charge in [0, 0.05) is 11.3 Å². The van der Waals surface area contributed by atoms with Crippen molar-refractivity contribution in [1.82, 2.24) is 4.98 Å². The van der Waals surface area contributed by atoms with Gasteiger partial charge in [-0.25, -0.2) is 9.78 Å². The minimum absolute atomic E-state index is 0.612. The molecule has 1 N–H and O–H groups in total. The Balaban J connectivity index is 1.68. The molecule has 0 spiro atoms. The number of aromatic nitrogens is 1. The average molecular weight is 365 g/mol.